The van der Waals surface area contributed by atoms with Crippen molar-refractivity contribution in [3.63, 3.8) is 0 Å². The molecule has 0 aliphatic heterocycles. The maximum Gasteiger partial charge on any atom is 0.238 e. The molecule has 5 heteroatoms. The molecule has 1 amide bonds. The van der Waals surface area contributed by atoms with Crippen LogP contribution in [0.4, 0.5) is 10.1 Å². The smallest absolute Gasteiger partial charge is 0.238 e. The Bertz CT molecular complexity index is 438. The number of carbonyl (C=O) groups excluding carboxylic acids is 1. The highest BCUT2D eigenvalue weighted by atomic mass is 19.1. The number of unbranched alkanes of at least 4 members (excludes halogenated alkanes) is 2. The number of nitrogens with zero attached hydrogens (tertiary/aromatic N) is 1. The van der Waals surface area contributed by atoms with E-state index in [2.05, 4.69) is 5.32 Å². The van der Waals surface area contributed by atoms with Crippen LogP contribution in [0.3, 0.4) is 0 Å². The third kappa shape index (κ3) is 6.12. The molecule has 1 aromatic rings. The van der Waals surface area contributed by atoms with Crippen LogP contribution in [0.2, 0.25) is 0 Å². The van der Waals surface area contributed by atoms with Gasteiger partial charge in [-0.15, -0.1) is 0 Å². The monoisotopic (exact) mass is 282 g/mol. The molecule has 0 saturated heterocycles. The van der Waals surface area contributed by atoms with Gasteiger partial charge in [0.05, 0.1) is 6.54 Å². The molecular weight excluding hydrogens is 259 g/mol. The average molecular weight is 282 g/mol. The number of amides is 1. The van der Waals surface area contributed by atoms with Gasteiger partial charge < -0.3 is 10.4 Å². The minimum Gasteiger partial charge on any atom is -0.396 e. The lowest BCUT2D eigenvalue weighted by atomic mass is 10.2. The maximum atomic E-state index is 13.3. The van der Waals surface area contributed by atoms with Crippen molar-refractivity contribution in [3.05, 3.63) is 29.6 Å². The SMILES string of the molecule is Cc1ccc(NC(=O)CN(C)CCCCCO)cc1F. The number of hydrogen-bond acceptors (Lipinski definition) is 3. The van der Waals surface area contributed by atoms with Crippen molar-refractivity contribution in [2.45, 2.75) is 26.2 Å². The van der Waals surface area contributed by atoms with Crippen LogP contribution in [-0.4, -0.2) is 42.7 Å². The first kappa shape index (κ1) is 16.6. The fourth-order valence-corrected chi connectivity index (χ4v) is 1.87. The van der Waals surface area contributed by atoms with Crippen LogP contribution in [0, 0.1) is 12.7 Å². The quantitative estimate of drug-likeness (QED) is 0.718. The number of rotatable bonds is 8. The van der Waals surface area contributed by atoms with Gasteiger partial charge in [0.25, 0.3) is 0 Å². The molecule has 1 rings (SSSR count). The van der Waals surface area contributed by atoms with E-state index in [1.54, 1.807) is 19.1 Å². The van der Waals surface area contributed by atoms with Gasteiger partial charge in [-0.05, 0) is 57.5 Å². The number of hydrogen-bond donors (Lipinski definition) is 2. The van der Waals surface area contributed by atoms with Crippen LogP contribution in [-0.2, 0) is 4.79 Å². The Morgan fingerprint density at radius 3 is 2.75 bits per heavy atom. The summed E-state index contributed by atoms with van der Waals surface area (Å²) in [6.07, 6.45) is 2.69. The molecule has 0 spiro atoms. The molecule has 0 aliphatic rings. The van der Waals surface area contributed by atoms with E-state index in [1.807, 2.05) is 11.9 Å². The van der Waals surface area contributed by atoms with Gasteiger partial charge in [0.15, 0.2) is 0 Å². The van der Waals surface area contributed by atoms with Crippen LogP contribution >= 0.6 is 0 Å². The molecule has 0 atom stereocenters. The van der Waals surface area contributed by atoms with E-state index in [0.29, 0.717) is 11.3 Å². The van der Waals surface area contributed by atoms with Gasteiger partial charge in [-0.3, -0.25) is 9.69 Å². The lowest BCUT2D eigenvalue weighted by Crippen LogP contribution is -2.31. The van der Waals surface area contributed by atoms with Gasteiger partial charge >= 0.3 is 0 Å². The number of benzene rings is 1. The number of halogens is 1. The number of aliphatic hydroxyl groups excluding tert-OH is 1. The highest BCUT2D eigenvalue weighted by molar-refractivity contribution is 5.92. The Morgan fingerprint density at radius 2 is 2.10 bits per heavy atom. The van der Waals surface area contributed by atoms with E-state index in [9.17, 15) is 9.18 Å². The van der Waals surface area contributed by atoms with Crippen LogP contribution in [0.5, 0.6) is 0 Å². The Hall–Kier alpha value is -1.46. The zero-order valence-electron chi connectivity index (χ0n) is 12.2. The molecule has 0 unspecified atom stereocenters. The number of aryl methyl sites for hydroxylation is 1. The highest BCUT2D eigenvalue weighted by Crippen LogP contribution is 2.13. The largest absolute Gasteiger partial charge is 0.396 e. The maximum absolute atomic E-state index is 13.3. The predicted molar refractivity (Wildman–Crippen MR) is 78.2 cm³/mol. The van der Waals surface area contributed by atoms with Gasteiger partial charge in [-0.1, -0.05) is 6.07 Å². The van der Waals surface area contributed by atoms with Gasteiger partial charge in [-0.25, -0.2) is 4.39 Å². The summed E-state index contributed by atoms with van der Waals surface area (Å²) in [5.41, 5.74) is 1.04. The molecule has 0 heterocycles. The van der Waals surface area contributed by atoms with Gasteiger partial charge in [0.2, 0.25) is 5.91 Å². The molecule has 112 valence electrons. The zero-order chi connectivity index (χ0) is 15.0. The summed E-state index contributed by atoms with van der Waals surface area (Å²) >= 11 is 0. The Morgan fingerprint density at radius 1 is 1.35 bits per heavy atom. The minimum absolute atomic E-state index is 0.155. The molecule has 2 N–H and O–H groups in total. The fourth-order valence-electron chi connectivity index (χ4n) is 1.87. The predicted octanol–water partition coefficient (Wildman–Crippen LogP) is 2.17. The third-order valence-electron chi connectivity index (χ3n) is 3.07. The van der Waals surface area contributed by atoms with Gasteiger partial charge in [0, 0.05) is 12.3 Å². The summed E-state index contributed by atoms with van der Waals surface area (Å²) in [6.45, 7) is 2.97. The summed E-state index contributed by atoms with van der Waals surface area (Å²) in [6, 6.07) is 4.66. The first-order valence-corrected chi connectivity index (χ1v) is 6.88. The molecule has 0 aliphatic carbocycles. The van der Waals surface area contributed by atoms with Crippen LogP contribution in [0.1, 0.15) is 24.8 Å². The van der Waals surface area contributed by atoms with E-state index in [-0.39, 0.29) is 24.9 Å². The van der Waals surface area contributed by atoms with Gasteiger partial charge in [-0.2, -0.15) is 0 Å². The second kappa shape index (κ2) is 8.66. The number of likely N-dealkylation sites (N-methyl/N-ethyl adjacent to an activating group) is 1. The lowest BCUT2D eigenvalue weighted by Gasteiger charge is -2.16. The van der Waals surface area contributed by atoms with Crippen LogP contribution < -0.4 is 5.32 Å². The standard InChI is InChI=1S/C15H23FN2O2/c1-12-6-7-13(10-14(12)16)17-15(20)11-18(2)8-4-3-5-9-19/h6-7,10,19H,3-5,8-9,11H2,1-2H3,(H,17,20). The highest BCUT2D eigenvalue weighted by Gasteiger charge is 2.07. The number of aliphatic hydroxyl groups is 1. The van der Waals surface area contributed by atoms with Crippen molar-refractivity contribution in [2.75, 3.05) is 32.1 Å². The second-order valence-corrected chi connectivity index (χ2v) is 5.03. The minimum atomic E-state index is -0.319. The summed E-state index contributed by atoms with van der Waals surface area (Å²) in [5, 5.41) is 11.4. The first-order valence-electron chi connectivity index (χ1n) is 6.88. The molecule has 4 nitrogen and oxygen atoms in total. The van der Waals surface area contributed by atoms with E-state index in [0.717, 1.165) is 25.8 Å². The second-order valence-electron chi connectivity index (χ2n) is 5.03. The fraction of sp³-hybridized carbons (Fsp3) is 0.533. The van der Waals surface area contributed by atoms with Crippen molar-refractivity contribution in [2.24, 2.45) is 0 Å². The van der Waals surface area contributed by atoms with E-state index in [1.165, 1.54) is 6.07 Å². The molecule has 1 aromatic carbocycles. The summed E-state index contributed by atoms with van der Waals surface area (Å²) in [5.74, 6) is -0.474. The average Bonchev–Trinajstić information content (AvgIpc) is 2.39. The summed E-state index contributed by atoms with van der Waals surface area (Å²) < 4.78 is 13.3. The van der Waals surface area contributed by atoms with E-state index in [4.69, 9.17) is 5.11 Å². The molecular formula is C15H23FN2O2. The summed E-state index contributed by atoms with van der Waals surface area (Å²) in [4.78, 5) is 13.7. The molecule has 0 bridgehead atoms. The Balaban J connectivity index is 2.33. The van der Waals surface area contributed by atoms with E-state index >= 15 is 0 Å². The van der Waals surface area contributed by atoms with Crippen molar-refractivity contribution in [3.8, 4) is 0 Å². The topological polar surface area (TPSA) is 52.6 Å². The molecule has 0 aromatic heterocycles. The number of carbonyl (C=O) groups is 1. The van der Waals surface area contributed by atoms with Crippen LogP contribution in [0.15, 0.2) is 18.2 Å². The van der Waals surface area contributed by atoms with Crippen LogP contribution in [0.25, 0.3) is 0 Å². The number of nitrogens with one attached hydrogen (secondary N) is 1. The Kier molecular flexibility index (Phi) is 7.18. The third-order valence-corrected chi connectivity index (χ3v) is 3.07. The molecule has 0 saturated carbocycles. The van der Waals surface area contributed by atoms with Crippen molar-refractivity contribution >= 4 is 11.6 Å². The summed E-state index contributed by atoms with van der Waals surface area (Å²) in [7, 11) is 1.87. The van der Waals surface area contributed by atoms with Gasteiger partial charge in [0.1, 0.15) is 5.82 Å². The normalized spacial score (nSPS) is 10.8. The zero-order valence-corrected chi connectivity index (χ0v) is 12.2. The lowest BCUT2D eigenvalue weighted by molar-refractivity contribution is -0.117. The number of anilines is 1. The molecule has 0 fully saturated rings. The first-order chi connectivity index (χ1) is 9.52. The van der Waals surface area contributed by atoms with Crippen molar-refractivity contribution in [1.29, 1.82) is 0 Å². The molecule has 0 radical (unpaired) electrons. The van der Waals surface area contributed by atoms with Crippen molar-refractivity contribution < 1.29 is 14.3 Å². The Labute approximate surface area is 119 Å². The molecule has 20 heavy (non-hydrogen) atoms. The van der Waals surface area contributed by atoms with Crippen molar-refractivity contribution in [1.82, 2.24) is 4.90 Å². The van der Waals surface area contributed by atoms with E-state index < -0.39 is 0 Å².